The number of aryl methyl sites for hydroxylation is 2. The molecule has 1 aliphatic rings. The number of ether oxygens (including phenoxy) is 1. The van der Waals surface area contributed by atoms with Crippen molar-refractivity contribution < 1.29 is 9.84 Å². The number of benzene rings is 2. The van der Waals surface area contributed by atoms with Gasteiger partial charge in [-0.25, -0.2) is 4.68 Å². The Balaban J connectivity index is 1.74. The van der Waals surface area contributed by atoms with Crippen molar-refractivity contribution in [2.45, 2.75) is 26.5 Å². The van der Waals surface area contributed by atoms with Gasteiger partial charge in [-0.15, -0.1) is 0 Å². The summed E-state index contributed by atoms with van der Waals surface area (Å²) >= 11 is 0. The molecule has 3 aromatic rings. The highest BCUT2D eigenvalue weighted by Crippen LogP contribution is 2.28. The molecule has 0 spiro atoms. The molecule has 1 atom stereocenters. The average molecular weight is 393 g/mol. The third-order valence-corrected chi connectivity index (χ3v) is 5.47. The summed E-state index contributed by atoms with van der Waals surface area (Å²) in [6.07, 6.45) is -0.675. The minimum atomic E-state index is -0.675. The summed E-state index contributed by atoms with van der Waals surface area (Å²) < 4.78 is 6.78. The largest absolute Gasteiger partial charge is 0.390 e. The molecule has 4 rings (SSSR count). The fraction of sp³-hybridized carbons (Fsp3) is 0.391. The van der Waals surface area contributed by atoms with Crippen molar-refractivity contribution in [1.82, 2.24) is 14.7 Å². The van der Waals surface area contributed by atoms with Gasteiger partial charge >= 0.3 is 0 Å². The first kappa shape index (κ1) is 19.8. The maximum atomic E-state index is 13.0. The molecule has 6 nitrogen and oxygen atoms in total. The van der Waals surface area contributed by atoms with Gasteiger partial charge in [0, 0.05) is 30.6 Å². The lowest BCUT2D eigenvalue weighted by Crippen LogP contribution is -2.43. The normalized spacial score (nSPS) is 16.2. The zero-order valence-corrected chi connectivity index (χ0v) is 17.0. The summed E-state index contributed by atoms with van der Waals surface area (Å²) in [5.41, 5.74) is 3.86. The van der Waals surface area contributed by atoms with E-state index in [1.54, 1.807) is 0 Å². The molecule has 2 heterocycles. The quantitative estimate of drug-likeness (QED) is 0.721. The van der Waals surface area contributed by atoms with Crippen LogP contribution in [-0.4, -0.2) is 58.7 Å². The van der Waals surface area contributed by atoms with Crippen LogP contribution in [0.5, 0.6) is 0 Å². The van der Waals surface area contributed by atoms with Gasteiger partial charge in [0.15, 0.2) is 0 Å². The molecule has 6 heteroatoms. The SMILES string of the molecule is Cc1ccc(C)c(-c2nn(CC(O)CN3CCOCC3)c(=O)c3ccccc23)c1. The predicted molar refractivity (Wildman–Crippen MR) is 114 cm³/mol. The second kappa shape index (κ2) is 8.45. The molecule has 29 heavy (non-hydrogen) atoms. The molecule has 1 saturated heterocycles. The summed E-state index contributed by atoms with van der Waals surface area (Å²) in [7, 11) is 0. The first-order chi connectivity index (χ1) is 14.0. The van der Waals surface area contributed by atoms with Crippen LogP contribution in [0.3, 0.4) is 0 Å². The molecule has 152 valence electrons. The van der Waals surface area contributed by atoms with Gasteiger partial charge in [-0.05, 0) is 31.5 Å². The van der Waals surface area contributed by atoms with Gasteiger partial charge in [0.05, 0.1) is 36.9 Å². The van der Waals surface area contributed by atoms with Crippen molar-refractivity contribution in [3.8, 4) is 11.3 Å². The van der Waals surface area contributed by atoms with E-state index in [4.69, 9.17) is 9.84 Å². The van der Waals surface area contributed by atoms with Crippen LogP contribution >= 0.6 is 0 Å². The minimum Gasteiger partial charge on any atom is -0.390 e. The second-order valence-electron chi connectivity index (χ2n) is 7.77. The van der Waals surface area contributed by atoms with Crippen LogP contribution in [0.25, 0.3) is 22.0 Å². The van der Waals surface area contributed by atoms with Gasteiger partial charge in [0.2, 0.25) is 0 Å². The van der Waals surface area contributed by atoms with Crippen LogP contribution in [0.2, 0.25) is 0 Å². The van der Waals surface area contributed by atoms with Gasteiger partial charge in [0.25, 0.3) is 5.56 Å². The maximum absolute atomic E-state index is 13.0. The topological polar surface area (TPSA) is 67.6 Å². The van der Waals surface area contributed by atoms with Crippen molar-refractivity contribution in [2.24, 2.45) is 0 Å². The Labute approximate surface area is 170 Å². The molecule has 0 aliphatic carbocycles. The lowest BCUT2D eigenvalue weighted by Gasteiger charge is -2.28. The summed E-state index contributed by atoms with van der Waals surface area (Å²) in [5, 5.41) is 16.8. The summed E-state index contributed by atoms with van der Waals surface area (Å²) in [6, 6.07) is 13.8. The monoisotopic (exact) mass is 393 g/mol. The molecule has 0 amide bonds. The Morgan fingerprint density at radius 1 is 1.07 bits per heavy atom. The number of aliphatic hydroxyl groups excluding tert-OH is 1. The van der Waals surface area contributed by atoms with Gasteiger partial charge in [-0.3, -0.25) is 9.69 Å². The number of rotatable bonds is 5. The second-order valence-corrected chi connectivity index (χ2v) is 7.77. The van der Waals surface area contributed by atoms with Crippen molar-refractivity contribution in [1.29, 1.82) is 0 Å². The summed E-state index contributed by atoms with van der Waals surface area (Å²) in [6.45, 7) is 7.72. The number of fused-ring (bicyclic) bond motifs is 1. The predicted octanol–water partition coefficient (Wildman–Crippen LogP) is 2.37. The van der Waals surface area contributed by atoms with E-state index in [0.717, 1.165) is 40.9 Å². The van der Waals surface area contributed by atoms with Crippen LogP contribution < -0.4 is 5.56 Å². The van der Waals surface area contributed by atoms with Crippen LogP contribution in [0.4, 0.5) is 0 Å². The molecule has 1 aliphatic heterocycles. The lowest BCUT2D eigenvalue weighted by atomic mass is 9.99. The van der Waals surface area contributed by atoms with E-state index in [9.17, 15) is 9.90 Å². The number of hydrogen-bond acceptors (Lipinski definition) is 5. The van der Waals surface area contributed by atoms with E-state index in [1.165, 1.54) is 4.68 Å². The number of hydrogen-bond donors (Lipinski definition) is 1. The summed E-state index contributed by atoms with van der Waals surface area (Å²) in [4.78, 5) is 15.2. The zero-order chi connectivity index (χ0) is 20.4. The third kappa shape index (κ3) is 4.24. The van der Waals surface area contributed by atoms with Gasteiger partial charge in [-0.1, -0.05) is 35.9 Å². The number of morpholine rings is 1. The zero-order valence-electron chi connectivity index (χ0n) is 17.0. The average Bonchev–Trinajstić information content (AvgIpc) is 2.73. The fourth-order valence-electron chi connectivity index (χ4n) is 3.89. The highest BCUT2D eigenvalue weighted by atomic mass is 16.5. The van der Waals surface area contributed by atoms with E-state index in [-0.39, 0.29) is 12.1 Å². The molecule has 0 saturated carbocycles. The smallest absolute Gasteiger partial charge is 0.274 e. The number of aliphatic hydroxyl groups is 1. The van der Waals surface area contributed by atoms with Crippen molar-refractivity contribution >= 4 is 10.8 Å². The number of nitrogens with zero attached hydrogens (tertiary/aromatic N) is 3. The van der Waals surface area contributed by atoms with Crippen LogP contribution in [0.1, 0.15) is 11.1 Å². The Hall–Kier alpha value is -2.54. The Morgan fingerprint density at radius 3 is 2.55 bits per heavy atom. The lowest BCUT2D eigenvalue weighted by molar-refractivity contribution is 0.0106. The van der Waals surface area contributed by atoms with E-state index in [0.29, 0.717) is 25.1 Å². The molecule has 1 unspecified atom stereocenters. The molecule has 1 aromatic heterocycles. The molecular formula is C23H27N3O3. The number of β-amino-alcohol motifs (C(OH)–C–C–N with tert-alkyl or cyclic N) is 1. The van der Waals surface area contributed by atoms with Crippen molar-refractivity contribution in [3.05, 3.63) is 63.9 Å². The van der Waals surface area contributed by atoms with Crippen LogP contribution in [-0.2, 0) is 11.3 Å². The highest BCUT2D eigenvalue weighted by Gasteiger charge is 2.19. The van der Waals surface area contributed by atoms with Crippen LogP contribution in [0, 0.1) is 13.8 Å². The molecule has 2 aromatic carbocycles. The third-order valence-electron chi connectivity index (χ3n) is 5.47. The molecule has 0 radical (unpaired) electrons. The van der Waals surface area contributed by atoms with Gasteiger partial charge in [0.1, 0.15) is 0 Å². The van der Waals surface area contributed by atoms with E-state index < -0.39 is 6.10 Å². The first-order valence-electron chi connectivity index (χ1n) is 10.1. The molecular weight excluding hydrogens is 366 g/mol. The Morgan fingerprint density at radius 2 is 1.79 bits per heavy atom. The summed E-state index contributed by atoms with van der Waals surface area (Å²) in [5.74, 6) is 0. The van der Waals surface area contributed by atoms with Crippen molar-refractivity contribution in [3.63, 3.8) is 0 Å². The van der Waals surface area contributed by atoms with E-state index >= 15 is 0 Å². The number of aromatic nitrogens is 2. The van der Waals surface area contributed by atoms with Gasteiger partial charge < -0.3 is 9.84 Å². The molecule has 1 N–H and O–H groups in total. The first-order valence-corrected chi connectivity index (χ1v) is 10.1. The fourth-order valence-corrected chi connectivity index (χ4v) is 3.89. The van der Waals surface area contributed by atoms with Crippen molar-refractivity contribution in [2.75, 3.05) is 32.8 Å². The minimum absolute atomic E-state index is 0.166. The maximum Gasteiger partial charge on any atom is 0.274 e. The van der Waals surface area contributed by atoms with Crippen LogP contribution in [0.15, 0.2) is 47.3 Å². The molecule has 1 fully saturated rings. The van der Waals surface area contributed by atoms with E-state index in [2.05, 4.69) is 23.1 Å². The van der Waals surface area contributed by atoms with Gasteiger partial charge in [-0.2, -0.15) is 5.10 Å². The Bertz CT molecular complexity index is 1070. The highest BCUT2D eigenvalue weighted by molar-refractivity contribution is 5.94. The molecule has 0 bridgehead atoms. The van der Waals surface area contributed by atoms with E-state index in [1.807, 2.05) is 38.1 Å². The standard InChI is InChI=1S/C23H27N3O3/c1-16-7-8-17(2)21(13-16)22-19-5-3-4-6-20(19)23(28)26(24-22)15-18(27)14-25-9-11-29-12-10-25/h3-8,13,18,27H,9-12,14-15H2,1-2H3. The Kier molecular flexibility index (Phi) is 5.76.